The summed E-state index contributed by atoms with van der Waals surface area (Å²) in [4.78, 5) is 11.6. The molecule has 0 saturated heterocycles. The van der Waals surface area contributed by atoms with E-state index in [0.717, 1.165) is 4.88 Å². The van der Waals surface area contributed by atoms with Gasteiger partial charge in [-0.15, -0.1) is 11.3 Å². The molecule has 1 aromatic heterocycles. The first kappa shape index (κ1) is 10.2. The molecule has 13 heavy (non-hydrogen) atoms. The molecule has 0 aliphatic carbocycles. The summed E-state index contributed by atoms with van der Waals surface area (Å²) in [6.45, 7) is 0. The Kier molecular flexibility index (Phi) is 3.41. The van der Waals surface area contributed by atoms with Crippen molar-refractivity contribution in [3.63, 3.8) is 0 Å². The zero-order valence-corrected chi connectivity index (χ0v) is 8.04. The molecule has 0 aliphatic rings. The highest BCUT2D eigenvalue weighted by molar-refractivity contribution is 7.10. The van der Waals surface area contributed by atoms with Gasteiger partial charge in [0, 0.05) is 4.88 Å². The van der Waals surface area contributed by atoms with Crippen LogP contribution in [0.5, 0.6) is 0 Å². The van der Waals surface area contributed by atoms with Crippen LogP contribution >= 0.6 is 11.3 Å². The molecule has 72 valence electrons. The Morgan fingerprint density at radius 3 is 2.85 bits per heavy atom. The smallest absolute Gasteiger partial charge is 0.322 e. The monoisotopic (exact) mass is 200 g/mol. The lowest BCUT2D eigenvalue weighted by Gasteiger charge is -2.18. The summed E-state index contributed by atoms with van der Waals surface area (Å²) in [5, 5.41) is 13.5. The van der Waals surface area contributed by atoms with Gasteiger partial charge in [-0.1, -0.05) is 6.07 Å². The molecular weight excluding hydrogens is 188 g/mol. The van der Waals surface area contributed by atoms with Crippen molar-refractivity contribution in [3.8, 4) is 0 Å². The largest absolute Gasteiger partial charge is 0.480 e. The summed E-state index contributed by atoms with van der Waals surface area (Å²) < 4.78 is 0. The van der Waals surface area contributed by atoms with Gasteiger partial charge in [0.2, 0.25) is 0 Å². The highest BCUT2D eigenvalue weighted by atomic mass is 32.1. The Morgan fingerprint density at radius 2 is 2.46 bits per heavy atom. The molecule has 5 heteroatoms. The fraction of sp³-hybridized carbons (Fsp3) is 0.375. The predicted molar refractivity (Wildman–Crippen MR) is 51.7 cm³/mol. The first-order valence-electron chi connectivity index (χ1n) is 3.86. The van der Waals surface area contributed by atoms with Crippen molar-refractivity contribution in [2.45, 2.75) is 12.1 Å². The maximum atomic E-state index is 10.6. The van der Waals surface area contributed by atoms with Crippen LogP contribution in [0.2, 0.25) is 0 Å². The zero-order valence-electron chi connectivity index (χ0n) is 7.23. The number of nitrogens with two attached hydrogens (primary N) is 1. The van der Waals surface area contributed by atoms with Gasteiger partial charge in [0.15, 0.2) is 0 Å². The van der Waals surface area contributed by atoms with Crippen LogP contribution in [0.25, 0.3) is 0 Å². The van der Waals surface area contributed by atoms with E-state index >= 15 is 0 Å². The van der Waals surface area contributed by atoms with Crippen LogP contribution in [0.15, 0.2) is 17.5 Å². The molecule has 0 saturated carbocycles. The van der Waals surface area contributed by atoms with E-state index < -0.39 is 12.0 Å². The van der Waals surface area contributed by atoms with Gasteiger partial charge >= 0.3 is 5.97 Å². The van der Waals surface area contributed by atoms with Crippen molar-refractivity contribution in [2.24, 2.45) is 5.73 Å². The van der Waals surface area contributed by atoms with Crippen molar-refractivity contribution in [1.82, 2.24) is 5.32 Å². The first-order chi connectivity index (χ1) is 6.16. The van der Waals surface area contributed by atoms with Crippen LogP contribution in [-0.2, 0) is 4.79 Å². The summed E-state index contributed by atoms with van der Waals surface area (Å²) in [7, 11) is 1.70. The lowest BCUT2D eigenvalue weighted by atomic mass is 10.1. The van der Waals surface area contributed by atoms with Crippen molar-refractivity contribution < 1.29 is 9.90 Å². The van der Waals surface area contributed by atoms with E-state index in [9.17, 15) is 4.79 Å². The SMILES string of the molecule is CNC(c1cccs1)C(N)C(=O)O. The normalized spacial score (nSPS) is 15.2. The third-order valence-corrected chi connectivity index (χ3v) is 2.76. The zero-order chi connectivity index (χ0) is 9.84. The summed E-state index contributed by atoms with van der Waals surface area (Å²) in [5.74, 6) is -0.993. The lowest BCUT2D eigenvalue weighted by molar-refractivity contribution is -0.139. The van der Waals surface area contributed by atoms with Gasteiger partial charge in [0.25, 0.3) is 0 Å². The summed E-state index contributed by atoms with van der Waals surface area (Å²) in [5.41, 5.74) is 5.51. The highest BCUT2D eigenvalue weighted by Gasteiger charge is 2.24. The van der Waals surface area contributed by atoms with E-state index in [4.69, 9.17) is 10.8 Å². The van der Waals surface area contributed by atoms with Gasteiger partial charge < -0.3 is 16.2 Å². The average Bonchev–Trinajstić information content (AvgIpc) is 2.58. The standard InChI is InChI=1S/C8H12N2O2S/c1-10-7(6(9)8(11)12)5-3-2-4-13-5/h2-4,6-7,10H,9H2,1H3,(H,11,12). The molecule has 0 aliphatic heterocycles. The number of aliphatic carboxylic acids is 1. The lowest BCUT2D eigenvalue weighted by Crippen LogP contribution is -2.41. The Hall–Kier alpha value is -0.910. The van der Waals surface area contributed by atoms with Crippen LogP contribution < -0.4 is 11.1 Å². The molecule has 0 bridgehead atoms. The number of likely N-dealkylation sites (N-methyl/N-ethyl adjacent to an activating group) is 1. The van der Waals surface area contributed by atoms with E-state index in [1.807, 2.05) is 17.5 Å². The first-order valence-corrected chi connectivity index (χ1v) is 4.74. The summed E-state index contributed by atoms with van der Waals surface area (Å²) in [6.07, 6.45) is 0. The summed E-state index contributed by atoms with van der Waals surface area (Å²) >= 11 is 1.50. The van der Waals surface area contributed by atoms with Gasteiger partial charge in [-0.05, 0) is 18.5 Å². The van der Waals surface area contributed by atoms with Gasteiger partial charge in [0.1, 0.15) is 6.04 Å². The minimum Gasteiger partial charge on any atom is -0.480 e. The van der Waals surface area contributed by atoms with Crippen LogP contribution in [0.4, 0.5) is 0 Å². The molecule has 0 aromatic carbocycles. The van der Waals surface area contributed by atoms with Gasteiger partial charge in [-0.2, -0.15) is 0 Å². The Bertz CT molecular complexity index is 274. The number of hydrogen-bond acceptors (Lipinski definition) is 4. The minimum absolute atomic E-state index is 0.308. The number of thiophene rings is 1. The molecule has 1 heterocycles. The third kappa shape index (κ3) is 2.27. The van der Waals surface area contributed by atoms with Crippen LogP contribution in [0.3, 0.4) is 0 Å². The summed E-state index contributed by atoms with van der Waals surface area (Å²) in [6, 6.07) is 2.54. The van der Waals surface area contributed by atoms with Crippen molar-refractivity contribution in [1.29, 1.82) is 0 Å². The van der Waals surface area contributed by atoms with E-state index in [-0.39, 0.29) is 6.04 Å². The Labute approximate surface area is 80.4 Å². The van der Waals surface area contributed by atoms with E-state index in [1.54, 1.807) is 7.05 Å². The van der Waals surface area contributed by atoms with Gasteiger partial charge in [-0.3, -0.25) is 4.79 Å². The third-order valence-electron chi connectivity index (χ3n) is 1.80. The molecule has 0 amide bonds. The molecule has 0 radical (unpaired) electrons. The highest BCUT2D eigenvalue weighted by Crippen LogP contribution is 2.20. The Morgan fingerprint density at radius 1 is 1.77 bits per heavy atom. The second-order valence-electron chi connectivity index (χ2n) is 2.65. The van der Waals surface area contributed by atoms with Crippen molar-refractivity contribution in [2.75, 3.05) is 7.05 Å². The van der Waals surface area contributed by atoms with E-state index in [0.29, 0.717) is 0 Å². The predicted octanol–water partition coefficient (Wildman–Crippen LogP) is 0.421. The maximum Gasteiger partial charge on any atom is 0.322 e. The maximum absolute atomic E-state index is 10.6. The topological polar surface area (TPSA) is 75.3 Å². The molecule has 2 unspecified atom stereocenters. The molecule has 0 fully saturated rings. The quantitative estimate of drug-likeness (QED) is 0.658. The fourth-order valence-electron chi connectivity index (χ4n) is 1.11. The molecule has 1 rings (SSSR count). The average molecular weight is 200 g/mol. The molecule has 1 aromatic rings. The second kappa shape index (κ2) is 4.36. The molecule has 0 spiro atoms. The molecular formula is C8H12N2O2S. The van der Waals surface area contributed by atoms with Crippen molar-refractivity contribution in [3.05, 3.63) is 22.4 Å². The number of nitrogens with one attached hydrogen (secondary N) is 1. The van der Waals surface area contributed by atoms with E-state index in [2.05, 4.69) is 5.32 Å². The van der Waals surface area contributed by atoms with Gasteiger partial charge in [-0.25, -0.2) is 0 Å². The second-order valence-corrected chi connectivity index (χ2v) is 3.63. The van der Waals surface area contributed by atoms with Crippen LogP contribution in [-0.4, -0.2) is 24.2 Å². The van der Waals surface area contributed by atoms with Gasteiger partial charge in [0.05, 0.1) is 6.04 Å². The van der Waals surface area contributed by atoms with E-state index in [1.165, 1.54) is 11.3 Å². The molecule has 2 atom stereocenters. The van der Waals surface area contributed by atoms with Crippen LogP contribution in [0.1, 0.15) is 10.9 Å². The number of carboxylic acid groups (broad SMARTS) is 1. The van der Waals surface area contributed by atoms with Crippen molar-refractivity contribution >= 4 is 17.3 Å². The number of rotatable bonds is 4. The fourth-order valence-corrected chi connectivity index (χ4v) is 1.99. The Balaban J connectivity index is 2.79. The molecule has 4 nitrogen and oxygen atoms in total. The molecule has 4 N–H and O–H groups in total. The number of hydrogen-bond donors (Lipinski definition) is 3. The number of carboxylic acids is 1. The van der Waals surface area contributed by atoms with Crippen LogP contribution in [0, 0.1) is 0 Å². The number of carbonyl (C=O) groups is 1. The minimum atomic E-state index is -0.993.